The molecule has 0 spiro atoms. The summed E-state index contributed by atoms with van der Waals surface area (Å²) in [6.45, 7) is 0. The van der Waals surface area contributed by atoms with Gasteiger partial charge in [-0.3, -0.25) is 9.78 Å². The van der Waals surface area contributed by atoms with Crippen molar-refractivity contribution in [2.24, 2.45) is 11.8 Å². The van der Waals surface area contributed by atoms with Crippen LogP contribution >= 0.6 is 0 Å². The molecule has 0 bridgehead atoms. The zero-order valence-electron chi connectivity index (χ0n) is 19.8. The zero-order chi connectivity index (χ0) is 24.4. The van der Waals surface area contributed by atoms with E-state index in [4.69, 9.17) is 0 Å². The van der Waals surface area contributed by atoms with E-state index in [1.54, 1.807) is 24.5 Å². The summed E-state index contributed by atoms with van der Waals surface area (Å²) >= 11 is 0. The molecule has 0 amide bonds. The van der Waals surface area contributed by atoms with Gasteiger partial charge in [-0.05, 0) is 54.0 Å². The average molecular weight is 487 g/mol. The summed E-state index contributed by atoms with van der Waals surface area (Å²) in [5, 5.41) is 11.0. The van der Waals surface area contributed by atoms with E-state index in [2.05, 4.69) is 11.1 Å². The number of fused-ring (bicyclic) bond motifs is 1. The summed E-state index contributed by atoms with van der Waals surface area (Å²) in [5.41, 5.74) is 2.44. The molecule has 2 aromatic carbocycles. The van der Waals surface area contributed by atoms with Gasteiger partial charge < -0.3 is 0 Å². The van der Waals surface area contributed by atoms with Crippen LogP contribution in [0.2, 0.25) is 0 Å². The quantitative estimate of drug-likeness (QED) is 0.404. The first-order valence-corrected chi connectivity index (χ1v) is 14.2. The smallest absolute Gasteiger partial charge is 0.178 e. The second-order valence-electron chi connectivity index (χ2n) is 10.1. The fourth-order valence-electron chi connectivity index (χ4n) is 5.50. The summed E-state index contributed by atoms with van der Waals surface area (Å²) in [4.78, 5) is 17.4. The highest BCUT2D eigenvalue weighted by Gasteiger charge is 2.43. The minimum absolute atomic E-state index is 0.0349. The number of nitriles is 1. The first kappa shape index (κ1) is 23.7. The van der Waals surface area contributed by atoms with Gasteiger partial charge in [-0.2, -0.15) is 5.26 Å². The van der Waals surface area contributed by atoms with Gasteiger partial charge in [-0.15, -0.1) is 0 Å². The summed E-state index contributed by atoms with van der Waals surface area (Å²) in [6.07, 6.45) is 11.2. The average Bonchev–Trinajstić information content (AvgIpc) is 3.69. The Morgan fingerprint density at radius 3 is 2.54 bits per heavy atom. The molecule has 5 rings (SSSR count). The Kier molecular flexibility index (Phi) is 6.71. The number of carbonyl (C=O) groups excluding carboxylic acids is 1. The van der Waals surface area contributed by atoms with E-state index in [9.17, 15) is 18.5 Å². The Labute approximate surface area is 207 Å². The minimum Gasteiger partial charge on any atom is -0.299 e. The maximum atomic E-state index is 12.9. The normalized spacial score (nSPS) is 20.4. The molecule has 0 saturated heterocycles. The summed E-state index contributed by atoms with van der Waals surface area (Å²) in [6, 6.07) is 15.1. The molecule has 1 unspecified atom stereocenters. The molecular formula is C29H30N2O3S. The van der Waals surface area contributed by atoms with Crippen molar-refractivity contribution in [3.8, 4) is 6.07 Å². The number of ketones is 1. The van der Waals surface area contributed by atoms with Crippen LogP contribution in [-0.2, 0) is 21.1 Å². The monoisotopic (exact) mass is 486 g/mol. The molecule has 0 radical (unpaired) electrons. The number of benzene rings is 2. The van der Waals surface area contributed by atoms with E-state index in [-0.39, 0.29) is 23.4 Å². The lowest BCUT2D eigenvalue weighted by Crippen LogP contribution is -2.14. The van der Waals surface area contributed by atoms with Gasteiger partial charge in [0.1, 0.15) is 11.9 Å². The van der Waals surface area contributed by atoms with Gasteiger partial charge in [-0.1, -0.05) is 56.4 Å². The van der Waals surface area contributed by atoms with Crippen LogP contribution in [0.3, 0.4) is 0 Å². The van der Waals surface area contributed by atoms with Crippen LogP contribution in [0, 0.1) is 23.2 Å². The molecule has 3 aromatic rings. The van der Waals surface area contributed by atoms with Crippen LogP contribution < -0.4 is 0 Å². The highest BCUT2D eigenvalue weighted by Crippen LogP contribution is 2.48. The lowest BCUT2D eigenvalue weighted by Gasteiger charge is -2.21. The predicted octanol–water partition coefficient (Wildman–Crippen LogP) is 5.77. The SMILES string of the molecule is N#Cc1cncc2ccc(CC(=O)[C@@H]3CC3c3ccc(S(=O)(=O)CCC4CCCCC4)cc3)cc12. The van der Waals surface area contributed by atoms with Crippen LogP contribution in [0.1, 0.15) is 67.6 Å². The van der Waals surface area contributed by atoms with Gasteiger partial charge in [0.05, 0.1) is 16.2 Å². The Bertz CT molecular complexity index is 1380. The maximum Gasteiger partial charge on any atom is 0.178 e. The van der Waals surface area contributed by atoms with Gasteiger partial charge in [0.15, 0.2) is 9.84 Å². The zero-order valence-corrected chi connectivity index (χ0v) is 20.6. The maximum absolute atomic E-state index is 12.9. The second kappa shape index (κ2) is 9.91. The van der Waals surface area contributed by atoms with E-state index in [1.807, 2.05) is 30.3 Å². The second-order valence-corrected chi connectivity index (χ2v) is 12.2. The summed E-state index contributed by atoms with van der Waals surface area (Å²) in [5.74, 6) is 1.07. The third kappa shape index (κ3) is 5.31. The van der Waals surface area contributed by atoms with E-state index >= 15 is 0 Å². The van der Waals surface area contributed by atoms with Gasteiger partial charge >= 0.3 is 0 Å². The number of aromatic nitrogens is 1. The molecule has 1 aromatic heterocycles. The number of nitrogens with zero attached hydrogens (tertiary/aromatic N) is 2. The molecule has 2 fully saturated rings. The Hall–Kier alpha value is -3.04. The third-order valence-electron chi connectivity index (χ3n) is 7.71. The van der Waals surface area contributed by atoms with Crippen LogP contribution in [0.4, 0.5) is 0 Å². The van der Waals surface area contributed by atoms with Crippen molar-refractivity contribution < 1.29 is 13.2 Å². The molecule has 0 N–H and O–H groups in total. The molecule has 2 aliphatic rings. The number of hydrogen-bond donors (Lipinski definition) is 0. The number of sulfone groups is 1. The fourth-order valence-corrected chi connectivity index (χ4v) is 6.93. The predicted molar refractivity (Wildman–Crippen MR) is 136 cm³/mol. The topological polar surface area (TPSA) is 87.9 Å². The molecule has 6 heteroatoms. The van der Waals surface area contributed by atoms with Gasteiger partial charge in [0.25, 0.3) is 0 Å². The van der Waals surface area contributed by atoms with Crippen molar-refractivity contribution in [2.75, 3.05) is 5.75 Å². The molecule has 2 saturated carbocycles. The van der Waals surface area contributed by atoms with E-state index in [0.717, 1.165) is 47.6 Å². The van der Waals surface area contributed by atoms with E-state index in [0.29, 0.717) is 22.8 Å². The Morgan fingerprint density at radius 2 is 1.80 bits per heavy atom. The number of Topliss-reactive ketones (excluding diaryl/α,β-unsaturated/α-hetero) is 1. The first-order chi connectivity index (χ1) is 16.9. The van der Waals surface area contributed by atoms with Crippen molar-refractivity contribution in [1.82, 2.24) is 4.98 Å². The van der Waals surface area contributed by atoms with Gasteiger partial charge in [0, 0.05) is 35.5 Å². The molecule has 35 heavy (non-hydrogen) atoms. The van der Waals surface area contributed by atoms with Crippen LogP contribution in [0.15, 0.2) is 59.8 Å². The highest BCUT2D eigenvalue weighted by atomic mass is 32.2. The highest BCUT2D eigenvalue weighted by molar-refractivity contribution is 7.91. The Morgan fingerprint density at radius 1 is 1.03 bits per heavy atom. The lowest BCUT2D eigenvalue weighted by atomic mass is 9.88. The minimum atomic E-state index is -3.27. The van der Waals surface area contributed by atoms with E-state index < -0.39 is 9.84 Å². The fraction of sp³-hybridized carbons (Fsp3) is 0.414. The van der Waals surface area contributed by atoms with Gasteiger partial charge in [0.2, 0.25) is 0 Å². The van der Waals surface area contributed by atoms with E-state index in [1.165, 1.54) is 19.3 Å². The summed E-state index contributed by atoms with van der Waals surface area (Å²) < 4.78 is 25.6. The molecule has 5 nitrogen and oxygen atoms in total. The van der Waals surface area contributed by atoms with Crippen LogP contribution in [-0.4, -0.2) is 24.9 Å². The van der Waals surface area contributed by atoms with Crippen molar-refractivity contribution in [2.45, 2.75) is 62.2 Å². The van der Waals surface area contributed by atoms with Gasteiger partial charge in [-0.25, -0.2) is 8.42 Å². The van der Waals surface area contributed by atoms with Crippen molar-refractivity contribution in [3.05, 3.63) is 71.5 Å². The van der Waals surface area contributed by atoms with Crippen molar-refractivity contribution >= 4 is 26.4 Å². The molecule has 0 aliphatic heterocycles. The number of carbonyl (C=O) groups is 1. The third-order valence-corrected chi connectivity index (χ3v) is 9.48. The Balaban J connectivity index is 1.20. The van der Waals surface area contributed by atoms with Crippen molar-refractivity contribution in [3.63, 3.8) is 0 Å². The number of pyridine rings is 1. The molecular weight excluding hydrogens is 456 g/mol. The largest absolute Gasteiger partial charge is 0.299 e. The molecule has 1 heterocycles. The van der Waals surface area contributed by atoms with Crippen LogP contribution in [0.5, 0.6) is 0 Å². The standard InChI is InChI=1S/C29H30N2O3S/c30-17-24-19-31-18-23-7-6-21(14-26(23)24)15-29(32)28-16-27(28)22-8-10-25(11-9-22)35(33,34)13-12-20-4-2-1-3-5-20/h6-11,14,18-20,27-28H,1-5,12-13,15-16H2/t27?,28-/m1/s1. The van der Waals surface area contributed by atoms with Crippen molar-refractivity contribution in [1.29, 1.82) is 5.26 Å². The first-order valence-electron chi connectivity index (χ1n) is 12.6. The summed E-state index contributed by atoms with van der Waals surface area (Å²) in [7, 11) is -3.27. The molecule has 2 aliphatic carbocycles. The molecule has 2 atom stereocenters. The lowest BCUT2D eigenvalue weighted by molar-refractivity contribution is -0.119. The number of hydrogen-bond acceptors (Lipinski definition) is 5. The number of rotatable bonds is 8. The molecule has 180 valence electrons. The van der Waals surface area contributed by atoms with Crippen LogP contribution in [0.25, 0.3) is 10.8 Å².